The highest BCUT2D eigenvalue weighted by Crippen LogP contribution is 2.31. The maximum Gasteiger partial charge on any atom is 0.416 e. The monoisotopic (exact) mass is 391 g/mol. The first kappa shape index (κ1) is 19.4. The summed E-state index contributed by atoms with van der Waals surface area (Å²) in [5.74, 6) is -0.596. The number of aromatic amines is 1. The molecule has 28 heavy (non-hydrogen) atoms. The summed E-state index contributed by atoms with van der Waals surface area (Å²) in [6.07, 6.45) is -5.83. The molecule has 0 aliphatic carbocycles. The van der Waals surface area contributed by atoms with Gasteiger partial charge in [-0.2, -0.15) is 18.3 Å². The summed E-state index contributed by atoms with van der Waals surface area (Å²) >= 11 is 0. The third kappa shape index (κ3) is 4.32. The predicted molar refractivity (Wildman–Crippen MR) is 94.4 cm³/mol. The predicted octanol–water partition coefficient (Wildman–Crippen LogP) is 3.26. The van der Waals surface area contributed by atoms with Gasteiger partial charge in [0.25, 0.3) is 5.91 Å². The Bertz CT molecular complexity index is 986. The average Bonchev–Trinajstić information content (AvgIpc) is 3.15. The zero-order valence-corrected chi connectivity index (χ0v) is 14.4. The molecule has 1 unspecified atom stereocenters. The molecule has 3 rings (SSSR count). The van der Waals surface area contributed by atoms with Crippen molar-refractivity contribution in [2.75, 3.05) is 6.54 Å². The van der Waals surface area contributed by atoms with Gasteiger partial charge >= 0.3 is 6.18 Å². The van der Waals surface area contributed by atoms with Crippen LogP contribution in [0.4, 0.5) is 13.2 Å². The summed E-state index contributed by atoms with van der Waals surface area (Å²) in [7, 11) is 0. The number of aromatic nitrogens is 2. The number of carbonyl (C=O) groups excluding carboxylic acids is 1. The van der Waals surface area contributed by atoms with E-state index in [1.54, 1.807) is 18.2 Å². The number of hydrogen-bond acceptors (Lipinski definition) is 4. The van der Waals surface area contributed by atoms with Gasteiger partial charge in [0, 0.05) is 12.1 Å². The van der Waals surface area contributed by atoms with E-state index in [9.17, 15) is 28.2 Å². The zero-order valence-electron chi connectivity index (χ0n) is 14.4. The first-order valence-corrected chi connectivity index (χ1v) is 8.23. The number of phenols is 1. The smallest absolute Gasteiger partial charge is 0.416 e. The number of halogens is 3. The Kier molecular flexibility index (Phi) is 5.36. The molecule has 0 bridgehead atoms. The molecule has 0 aliphatic heterocycles. The maximum absolute atomic E-state index is 12.8. The van der Waals surface area contributed by atoms with Gasteiger partial charge in [0.15, 0.2) is 0 Å². The second-order valence-electron chi connectivity index (χ2n) is 6.03. The lowest BCUT2D eigenvalue weighted by Gasteiger charge is -2.14. The van der Waals surface area contributed by atoms with Crippen molar-refractivity contribution >= 4 is 5.91 Å². The Hall–Kier alpha value is -3.33. The molecular weight excluding hydrogens is 375 g/mol. The van der Waals surface area contributed by atoms with Gasteiger partial charge in [-0.05, 0) is 35.9 Å². The molecular formula is C19H16F3N3O3. The van der Waals surface area contributed by atoms with Crippen LogP contribution in [-0.2, 0) is 6.18 Å². The molecule has 1 amide bonds. The fourth-order valence-corrected chi connectivity index (χ4v) is 2.59. The number of carbonyl (C=O) groups is 1. The molecule has 0 saturated heterocycles. The standard InChI is InChI=1S/C19H16F3N3O3/c20-19(21,22)12-5-3-4-11(8-12)17(27)10-23-18(28)15-9-14(24-25-15)13-6-1-2-7-16(13)26/h1-9,17,26-27H,10H2,(H,23,28)(H,24,25). The van der Waals surface area contributed by atoms with Crippen LogP contribution in [0.15, 0.2) is 54.6 Å². The van der Waals surface area contributed by atoms with E-state index >= 15 is 0 Å². The summed E-state index contributed by atoms with van der Waals surface area (Å²) in [5.41, 5.74) is 0.0175. The van der Waals surface area contributed by atoms with Crippen LogP contribution in [0.25, 0.3) is 11.3 Å². The molecule has 146 valence electrons. The molecule has 0 aliphatic rings. The molecule has 1 aromatic heterocycles. The lowest BCUT2D eigenvalue weighted by Crippen LogP contribution is -2.28. The van der Waals surface area contributed by atoms with Gasteiger partial charge in [0.1, 0.15) is 11.4 Å². The molecule has 0 radical (unpaired) electrons. The fraction of sp³-hybridized carbons (Fsp3) is 0.158. The van der Waals surface area contributed by atoms with Gasteiger partial charge in [0.2, 0.25) is 0 Å². The number of aliphatic hydroxyl groups excluding tert-OH is 1. The molecule has 0 saturated carbocycles. The van der Waals surface area contributed by atoms with Crippen LogP contribution < -0.4 is 5.32 Å². The number of rotatable bonds is 5. The van der Waals surface area contributed by atoms with Crippen molar-refractivity contribution in [3.63, 3.8) is 0 Å². The topological polar surface area (TPSA) is 98.2 Å². The fourth-order valence-electron chi connectivity index (χ4n) is 2.59. The van der Waals surface area contributed by atoms with E-state index in [0.29, 0.717) is 11.3 Å². The first-order valence-electron chi connectivity index (χ1n) is 8.23. The molecule has 6 nitrogen and oxygen atoms in total. The minimum absolute atomic E-state index is 0.000858. The first-order chi connectivity index (χ1) is 13.3. The van der Waals surface area contributed by atoms with Crippen LogP contribution in [-0.4, -0.2) is 32.9 Å². The van der Waals surface area contributed by atoms with Crippen molar-refractivity contribution in [2.45, 2.75) is 12.3 Å². The van der Waals surface area contributed by atoms with Gasteiger partial charge in [-0.3, -0.25) is 9.89 Å². The minimum Gasteiger partial charge on any atom is -0.507 e. The minimum atomic E-state index is -4.52. The van der Waals surface area contributed by atoms with Gasteiger partial charge in [-0.15, -0.1) is 0 Å². The second kappa shape index (κ2) is 7.73. The van der Waals surface area contributed by atoms with E-state index in [4.69, 9.17) is 0 Å². The normalized spacial score (nSPS) is 12.6. The Labute approximate surface area is 157 Å². The zero-order chi connectivity index (χ0) is 20.3. The molecule has 1 atom stereocenters. The molecule has 3 aromatic rings. The van der Waals surface area contributed by atoms with E-state index < -0.39 is 23.8 Å². The number of phenolic OH excluding ortho intramolecular Hbond substituents is 1. The Morgan fingerprint density at radius 3 is 2.61 bits per heavy atom. The van der Waals surface area contributed by atoms with Crippen molar-refractivity contribution in [3.8, 4) is 17.0 Å². The summed E-state index contributed by atoms with van der Waals surface area (Å²) in [6.45, 7) is -0.287. The van der Waals surface area contributed by atoms with Gasteiger partial charge < -0.3 is 15.5 Å². The van der Waals surface area contributed by atoms with E-state index in [1.807, 2.05) is 0 Å². The highest BCUT2D eigenvalue weighted by molar-refractivity contribution is 5.93. The van der Waals surface area contributed by atoms with Crippen LogP contribution in [0.3, 0.4) is 0 Å². The number of benzene rings is 2. The average molecular weight is 391 g/mol. The lowest BCUT2D eigenvalue weighted by atomic mass is 10.1. The maximum atomic E-state index is 12.8. The van der Waals surface area contributed by atoms with Crippen molar-refractivity contribution < 1.29 is 28.2 Å². The molecule has 2 aromatic carbocycles. The Morgan fingerprint density at radius 1 is 1.14 bits per heavy atom. The van der Waals surface area contributed by atoms with Crippen molar-refractivity contribution in [3.05, 3.63) is 71.4 Å². The number of alkyl halides is 3. The Balaban J connectivity index is 1.66. The summed E-state index contributed by atoms with van der Waals surface area (Å²) in [6, 6.07) is 12.2. The van der Waals surface area contributed by atoms with Crippen molar-refractivity contribution in [1.82, 2.24) is 15.5 Å². The largest absolute Gasteiger partial charge is 0.507 e. The van der Waals surface area contributed by atoms with Crippen molar-refractivity contribution in [1.29, 1.82) is 0 Å². The van der Waals surface area contributed by atoms with Crippen LogP contribution >= 0.6 is 0 Å². The highest BCUT2D eigenvalue weighted by atomic mass is 19.4. The third-order valence-corrected chi connectivity index (χ3v) is 4.06. The second-order valence-corrected chi connectivity index (χ2v) is 6.03. The van der Waals surface area contributed by atoms with Gasteiger partial charge in [-0.25, -0.2) is 0 Å². The number of amides is 1. The van der Waals surface area contributed by atoms with Crippen LogP contribution in [0.2, 0.25) is 0 Å². The number of nitrogens with zero attached hydrogens (tertiary/aromatic N) is 1. The molecule has 9 heteroatoms. The number of nitrogens with one attached hydrogen (secondary N) is 2. The molecule has 4 N–H and O–H groups in total. The number of H-pyrrole nitrogens is 1. The quantitative estimate of drug-likeness (QED) is 0.537. The Morgan fingerprint density at radius 2 is 1.89 bits per heavy atom. The summed E-state index contributed by atoms with van der Waals surface area (Å²) < 4.78 is 38.3. The van der Waals surface area contributed by atoms with Gasteiger partial charge in [0.05, 0.1) is 17.4 Å². The molecule has 0 spiro atoms. The van der Waals surface area contributed by atoms with Crippen molar-refractivity contribution in [2.24, 2.45) is 0 Å². The van der Waals surface area contributed by atoms with Crippen LogP contribution in [0, 0.1) is 0 Å². The highest BCUT2D eigenvalue weighted by Gasteiger charge is 2.30. The molecule has 1 heterocycles. The lowest BCUT2D eigenvalue weighted by molar-refractivity contribution is -0.137. The molecule has 0 fully saturated rings. The number of hydrogen-bond donors (Lipinski definition) is 4. The van der Waals surface area contributed by atoms with Crippen LogP contribution in [0.5, 0.6) is 5.75 Å². The van der Waals surface area contributed by atoms with Crippen LogP contribution in [0.1, 0.15) is 27.7 Å². The van der Waals surface area contributed by atoms with E-state index in [0.717, 1.165) is 12.1 Å². The van der Waals surface area contributed by atoms with E-state index in [2.05, 4.69) is 15.5 Å². The SMILES string of the molecule is O=C(NCC(O)c1cccc(C(F)(F)F)c1)c1cc(-c2ccccc2O)n[nH]1. The summed E-state index contributed by atoms with van der Waals surface area (Å²) in [4.78, 5) is 12.2. The third-order valence-electron chi connectivity index (χ3n) is 4.06. The summed E-state index contributed by atoms with van der Waals surface area (Å²) in [5, 5.41) is 28.8. The number of aromatic hydroxyl groups is 1. The number of para-hydroxylation sites is 1. The van der Waals surface area contributed by atoms with E-state index in [-0.39, 0.29) is 23.6 Å². The van der Waals surface area contributed by atoms with Gasteiger partial charge in [-0.1, -0.05) is 24.3 Å². The number of aliphatic hydroxyl groups is 1. The van der Waals surface area contributed by atoms with E-state index in [1.165, 1.54) is 24.3 Å².